The number of hydrogen-bond acceptors (Lipinski definition) is 7. The first-order valence-electron chi connectivity index (χ1n) is 9.54. The molecule has 1 amide bonds. The quantitative estimate of drug-likeness (QED) is 0.636. The Morgan fingerprint density at radius 3 is 2.45 bits per heavy atom. The van der Waals surface area contributed by atoms with Crippen LogP contribution in [0.25, 0.3) is 0 Å². The molecule has 11 heteroatoms. The monoisotopic (exact) mass is 438 g/mol. The first kappa shape index (κ1) is 21.6. The number of carbonyl (C=O) groups excluding carboxylic acids is 1. The molecule has 2 aromatic rings. The standard InChI is InChI=1S/C18H26N6O3S2/c1-3-15(24-17(19)21-22-18(24)28-2)16(25)20-13-7-9-14(10-8-13)29(26,27)23-11-5-4-6-12-23/h7-10,15H,3-6,11-12H2,1-2H3,(H2,19,21)(H,20,25). The Morgan fingerprint density at radius 2 is 1.86 bits per heavy atom. The summed E-state index contributed by atoms with van der Waals surface area (Å²) in [6, 6.07) is 5.70. The molecule has 3 rings (SSSR count). The Hall–Kier alpha value is -2.11. The summed E-state index contributed by atoms with van der Waals surface area (Å²) in [5, 5.41) is 11.2. The number of amides is 1. The van der Waals surface area contributed by atoms with E-state index < -0.39 is 16.1 Å². The number of sulfonamides is 1. The minimum Gasteiger partial charge on any atom is -0.368 e. The fraction of sp³-hybridized carbons (Fsp3) is 0.500. The van der Waals surface area contributed by atoms with Gasteiger partial charge in [-0.15, -0.1) is 10.2 Å². The van der Waals surface area contributed by atoms with Gasteiger partial charge < -0.3 is 11.1 Å². The van der Waals surface area contributed by atoms with E-state index in [0.29, 0.717) is 30.4 Å². The molecule has 0 radical (unpaired) electrons. The molecule has 29 heavy (non-hydrogen) atoms. The van der Waals surface area contributed by atoms with E-state index in [1.165, 1.54) is 28.2 Å². The first-order chi connectivity index (χ1) is 13.9. The zero-order chi connectivity index (χ0) is 21.0. The van der Waals surface area contributed by atoms with E-state index in [1.54, 1.807) is 16.7 Å². The normalized spacial score (nSPS) is 16.5. The minimum atomic E-state index is -3.50. The lowest BCUT2D eigenvalue weighted by Gasteiger charge is -2.26. The molecule has 0 saturated carbocycles. The minimum absolute atomic E-state index is 0.180. The van der Waals surface area contributed by atoms with Gasteiger partial charge in [0.15, 0.2) is 5.16 Å². The third kappa shape index (κ3) is 4.57. The van der Waals surface area contributed by atoms with Gasteiger partial charge in [-0.1, -0.05) is 25.1 Å². The molecular formula is C18H26N6O3S2. The molecular weight excluding hydrogens is 412 g/mol. The Bertz CT molecular complexity index is 952. The van der Waals surface area contributed by atoms with Crippen molar-refractivity contribution in [3.8, 4) is 0 Å². The molecule has 1 aliphatic heterocycles. The number of nitrogens with one attached hydrogen (secondary N) is 1. The summed E-state index contributed by atoms with van der Waals surface area (Å²) < 4.78 is 28.6. The van der Waals surface area contributed by atoms with Gasteiger partial charge in [0.2, 0.25) is 21.9 Å². The van der Waals surface area contributed by atoms with E-state index in [9.17, 15) is 13.2 Å². The van der Waals surface area contributed by atoms with Crippen molar-refractivity contribution in [1.82, 2.24) is 19.1 Å². The van der Waals surface area contributed by atoms with Crippen molar-refractivity contribution >= 4 is 39.3 Å². The first-order valence-corrected chi connectivity index (χ1v) is 12.2. The van der Waals surface area contributed by atoms with Gasteiger partial charge in [0.1, 0.15) is 6.04 Å². The lowest BCUT2D eigenvalue weighted by atomic mass is 10.2. The van der Waals surface area contributed by atoms with Crippen LogP contribution in [0.4, 0.5) is 11.6 Å². The molecule has 1 aromatic heterocycles. The van der Waals surface area contributed by atoms with E-state index >= 15 is 0 Å². The highest BCUT2D eigenvalue weighted by Crippen LogP contribution is 2.26. The van der Waals surface area contributed by atoms with Gasteiger partial charge in [0.05, 0.1) is 4.90 Å². The second-order valence-electron chi connectivity index (χ2n) is 6.82. The fourth-order valence-electron chi connectivity index (χ4n) is 3.40. The maximum atomic E-state index is 12.8. The number of anilines is 2. The highest BCUT2D eigenvalue weighted by molar-refractivity contribution is 7.98. The van der Waals surface area contributed by atoms with Gasteiger partial charge in [-0.25, -0.2) is 8.42 Å². The van der Waals surface area contributed by atoms with Crippen LogP contribution in [0.15, 0.2) is 34.3 Å². The summed E-state index contributed by atoms with van der Waals surface area (Å²) in [7, 11) is -3.50. The van der Waals surface area contributed by atoms with Crippen LogP contribution in [0.2, 0.25) is 0 Å². The van der Waals surface area contributed by atoms with Crippen LogP contribution in [0, 0.1) is 0 Å². The largest absolute Gasteiger partial charge is 0.368 e. The second kappa shape index (κ2) is 9.14. The highest BCUT2D eigenvalue weighted by atomic mass is 32.2. The third-order valence-corrected chi connectivity index (χ3v) is 7.51. The number of hydrogen-bond donors (Lipinski definition) is 2. The predicted molar refractivity (Wildman–Crippen MR) is 113 cm³/mol. The van der Waals surface area contributed by atoms with Crippen LogP contribution in [-0.2, 0) is 14.8 Å². The summed E-state index contributed by atoms with van der Waals surface area (Å²) in [4.78, 5) is 13.0. The Labute approximate surface area is 175 Å². The van der Waals surface area contributed by atoms with Gasteiger partial charge >= 0.3 is 0 Å². The number of aromatic nitrogens is 3. The molecule has 3 N–H and O–H groups in total. The highest BCUT2D eigenvalue weighted by Gasteiger charge is 2.27. The van der Waals surface area contributed by atoms with E-state index in [2.05, 4.69) is 15.5 Å². The number of nitrogen functional groups attached to an aromatic ring is 1. The van der Waals surface area contributed by atoms with Crippen molar-refractivity contribution in [2.24, 2.45) is 0 Å². The Morgan fingerprint density at radius 1 is 1.21 bits per heavy atom. The number of benzene rings is 1. The van der Waals surface area contributed by atoms with Crippen molar-refractivity contribution < 1.29 is 13.2 Å². The smallest absolute Gasteiger partial charge is 0.247 e. The summed E-state index contributed by atoms with van der Waals surface area (Å²) >= 11 is 1.36. The molecule has 1 aromatic carbocycles. The molecule has 1 aliphatic rings. The molecule has 1 fully saturated rings. The zero-order valence-corrected chi connectivity index (χ0v) is 18.2. The van der Waals surface area contributed by atoms with Crippen LogP contribution in [0.3, 0.4) is 0 Å². The molecule has 1 unspecified atom stereocenters. The fourth-order valence-corrected chi connectivity index (χ4v) is 5.45. The summed E-state index contributed by atoms with van der Waals surface area (Å²) in [5.41, 5.74) is 6.40. The van der Waals surface area contributed by atoms with Crippen LogP contribution in [0.5, 0.6) is 0 Å². The SMILES string of the molecule is CCC(C(=O)Nc1ccc(S(=O)(=O)N2CCCCC2)cc1)n1c(N)nnc1SC. The van der Waals surface area contributed by atoms with Crippen molar-refractivity contribution in [3.63, 3.8) is 0 Å². The average molecular weight is 439 g/mol. The van der Waals surface area contributed by atoms with Crippen molar-refractivity contribution in [3.05, 3.63) is 24.3 Å². The predicted octanol–water partition coefficient (Wildman–Crippen LogP) is 2.35. The van der Waals surface area contributed by atoms with E-state index in [4.69, 9.17) is 5.73 Å². The second-order valence-corrected chi connectivity index (χ2v) is 9.53. The third-order valence-electron chi connectivity index (χ3n) is 4.95. The molecule has 1 atom stereocenters. The van der Waals surface area contributed by atoms with Gasteiger partial charge in [0, 0.05) is 18.8 Å². The summed E-state index contributed by atoms with van der Waals surface area (Å²) in [6.07, 6.45) is 5.17. The van der Waals surface area contributed by atoms with Gasteiger partial charge in [0.25, 0.3) is 0 Å². The van der Waals surface area contributed by atoms with Gasteiger partial charge in [-0.2, -0.15) is 4.31 Å². The Kier molecular flexibility index (Phi) is 6.81. The number of rotatable bonds is 7. The molecule has 2 heterocycles. The summed E-state index contributed by atoms with van der Waals surface area (Å²) in [5.74, 6) is -0.0831. The lowest BCUT2D eigenvalue weighted by Crippen LogP contribution is -2.35. The maximum Gasteiger partial charge on any atom is 0.247 e. The number of piperidine rings is 1. The summed E-state index contributed by atoms with van der Waals surface area (Å²) in [6.45, 7) is 2.98. The zero-order valence-electron chi connectivity index (χ0n) is 16.5. The van der Waals surface area contributed by atoms with Gasteiger partial charge in [-0.3, -0.25) is 9.36 Å². The van der Waals surface area contributed by atoms with E-state index in [-0.39, 0.29) is 16.8 Å². The topological polar surface area (TPSA) is 123 Å². The van der Waals surface area contributed by atoms with Crippen LogP contribution in [0.1, 0.15) is 38.6 Å². The van der Waals surface area contributed by atoms with Crippen LogP contribution >= 0.6 is 11.8 Å². The molecule has 0 aliphatic carbocycles. The Balaban J connectivity index is 1.75. The lowest BCUT2D eigenvalue weighted by molar-refractivity contribution is -0.119. The van der Waals surface area contributed by atoms with Crippen molar-refractivity contribution in [2.45, 2.75) is 48.7 Å². The van der Waals surface area contributed by atoms with Gasteiger partial charge in [-0.05, 0) is 49.8 Å². The molecule has 9 nitrogen and oxygen atoms in total. The molecule has 0 spiro atoms. The molecule has 0 bridgehead atoms. The van der Waals surface area contributed by atoms with E-state index in [1.807, 2.05) is 13.2 Å². The van der Waals surface area contributed by atoms with Crippen LogP contribution in [-0.4, -0.2) is 52.7 Å². The maximum absolute atomic E-state index is 12.8. The van der Waals surface area contributed by atoms with Crippen molar-refractivity contribution in [1.29, 1.82) is 0 Å². The number of nitrogens with two attached hydrogens (primary N) is 1. The van der Waals surface area contributed by atoms with Crippen LogP contribution < -0.4 is 11.1 Å². The number of carbonyl (C=O) groups is 1. The molecule has 158 valence electrons. The number of nitrogens with zero attached hydrogens (tertiary/aromatic N) is 4. The molecule has 1 saturated heterocycles. The van der Waals surface area contributed by atoms with E-state index in [0.717, 1.165) is 19.3 Å². The average Bonchev–Trinajstić information content (AvgIpc) is 3.10. The number of thioether (sulfide) groups is 1. The van der Waals surface area contributed by atoms with Crippen molar-refractivity contribution in [2.75, 3.05) is 30.4 Å².